The second-order valence-electron chi connectivity index (χ2n) is 6.15. The van der Waals surface area contributed by atoms with Gasteiger partial charge in [-0.25, -0.2) is 27.8 Å². The summed E-state index contributed by atoms with van der Waals surface area (Å²) in [7, 11) is 0. The van der Waals surface area contributed by atoms with E-state index in [2.05, 4.69) is 15.3 Å². The number of aliphatic hydroxyl groups is 1. The summed E-state index contributed by atoms with van der Waals surface area (Å²) < 4.78 is 46.0. The lowest BCUT2D eigenvalue weighted by atomic mass is 10.1. The molecule has 1 aromatic carbocycles. The number of cyclic esters (lactones) is 1. The molecule has 1 fully saturated rings. The average Bonchev–Trinajstić information content (AvgIpc) is 2.98. The Bertz CT molecular complexity index is 865. The van der Waals surface area contributed by atoms with Crippen LogP contribution in [0, 0.1) is 17.5 Å². The molecule has 0 spiro atoms. The van der Waals surface area contributed by atoms with Crippen molar-refractivity contribution in [3.05, 3.63) is 47.4 Å². The Morgan fingerprint density at radius 2 is 2.04 bits per heavy atom. The van der Waals surface area contributed by atoms with E-state index in [4.69, 9.17) is 4.74 Å². The van der Waals surface area contributed by atoms with Crippen molar-refractivity contribution in [2.45, 2.75) is 32.0 Å². The number of carbonyl (C=O) groups excluding carboxylic acids is 1. The molecule has 27 heavy (non-hydrogen) atoms. The number of aliphatic hydroxyl groups excluding tert-OH is 1. The molecule has 0 saturated carbocycles. The molecule has 1 aliphatic heterocycles. The molecule has 10 heteroatoms. The van der Waals surface area contributed by atoms with Crippen LogP contribution in [0.15, 0.2) is 24.4 Å². The molecule has 1 aromatic heterocycles. The van der Waals surface area contributed by atoms with Crippen LogP contribution in [-0.2, 0) is 4.74 Å². The van der Waals surface area contributed by atoms with Crippen LogP contribution in [0.5, 0.6) is 0 Å². The number of benzene rings is 1. The molecule has 3 rings (SSSR count). The molecule has 1 aliphatic rings. The number of rotatable bonds is 5. The number of ether oxygens (including phenoxy) is 1. The van der Waals surface area contributed by atoms with Gasteiger partial charge < -0.3 is 15.2 Å². The zero-order valence-corrected chi connectivity index (χ0v) is 14.5. The van der Waals surface area contributed by atoms with Gasteiger partial charge in [0.2, 0.25) is 5.95 Å². The first-order valence-corrected chi connectivity index (χ1v) is 8.16. The minimum absolute atomic E-state index is 0.0772. The van der Waals surface area contributed by atoms with Crippen LogP contribution in [0.2, 0.25) is 0 Å². The summed E-state index contributed by atoms with van der Waals surface area (Å²) in [6.45, 7) is 2.92. The number of hydrogen-bond donors (Lipinski definition) is 2. The maximum Gasteiger partial charge on any atom is 0.416 e. The van der Waals surface area contributed by atoms with Crippen molar-refractivity contribution in [3.63, 3.8) is 0 Å². The normalized spacial score (nSPS) is 19.0. The van der Waals surface area contributed by atoms with Crippen LogP contribution in [0.3, 0.4) is 0 Å². The van der Waals surface area contributed by atoms with Crippen LogP contribution in [-0.4, -0.2) is 39.9 Å². The first kappa shape index (κ1) is 18.9. The van der Waals surface area contributed by atoms with Gasteiger partial charge in [-0.3, -0.25) is 0 Å². The average molecular weight is 382 g/mol. The van der Waals surface area contributed by atoms with E-state index < -0.39 is 41.7 Å². The summed E-state index contributed by atoms with van der Waals surface area (Å²) >= 11 is 0. The summed E-state index contributed by atoms with van der Waals surface area (Å²) in [5, 5.41) is 12.6. The van der Waals surface area contributed by atoms with Gasteiger partial charge in [0.25, 0.3) is 0 Å². The van der Waals surface area contributed by atoms with Crippen molar-refractivity contribution < 1.29 is 27.8 Å². The van der Waals surface area contributed by atoms with Gasteiger partial charge in [0.1, 0.15) is 24.3 Å². The smallest absolute Gasteiger partial charge is 0.416 e. The molecular weight excluding hydrogens is 365 g/mol. The van der Waals surface area contributed by atoms with Crippen LogP contribution >= 0.6 is 0 Å². The van der Waals surface area contributed by atoms with Gasteiger partial charge in [0.05, 0.1) is 18.3 Å². The van der Waals surface area contributed by atoms with Crippen molar-refractivity contribution >= 4 is 17.9 Å². The number of amides is 1. The zero-order chi connectivity index (χ0) is 19.7. The summed E-state index contributed by atoms with van der Waals surface area (Å²) in [6, 6.07) is 1.66. The summed E-state index contributed by atoms with van der Waals surface area (Å²) in [6.07, 6.45) is -0.972. The summed E-state index contributed by atoms with van der Waals surface area (Å²) in [4.78, 5) is 20.6. The Labute approximate surface area is 152 Å². The highest BCUT2D eigenvalue weighted by Crippen LogP contribution is 2.27. The van der Waals surface area contributed by atoms with Gasteiger partial charge >= 0.3 is 6.09 Å². The third-order valence-corrected chi connectivity index (χ3v) is 4.19. The molecule has 0 bridgehead atoms. The highest BCUT2D eigenvalue weighted by molar-refractivity contribution is 5.89. The lowest BCUT2D eigenvalue weighted by Gasteiger charge is -2.23. The van der Waals surface area contributed by atoms with Crippen molar-refractivity contribution in [3.8, 4) is 0 Å². The SMILES string of the molecule is C[C@H](Nc1ncc(F)c(N2C(=O)OC[C@@H]2[C@@H](C)O)n1)c1ccc(F)cc1F. The van der Waals surface area contributed by atoms with Crippen LogP contribution in [0.25, 0.3) is 0 Å². The van der Waals surface area contributed by atoms with Gasteiger partial charge in [0.15, 0.2) is 11.6 Å². The topological polar surface area (TPSA) is 87.6 Å². The van der Waals surface area contributed by atoms with E-state index in [1.165, 1.54) is 13.0 Å². The number of nitrogens with zero attached hydrogens (tertiary/aromatic N) is 3. The number of hydrogen-bond acceptors (Lipinski definition) is 6. The monoisotopic (exact) mass is 382 g/mol. The minimum atomic E-state index is -0.977. The highest BCUT2D eigenvalue weighted by Gasteiger charge is 2.39. The molecule has 144 valence electrons. The van der Waals surface area contributed by atoms with E-state index in [0.717, 1.165) is 23.2 Å². The van der Waals surface area contributed by atoms with E-state index in [1.54, 1.807) is 6.92 Å². The molecule has 1 saturated heterocycles. The fraction of sp³-hybridized carbons (Fsp3) is 0.353. The molecule has 3 atom stereocenters. The molecule has 0 unspecified atom stereocenters. The van der Waals surface area contributed by atoms with Crippen LogP contribution < -0.4 is 10.2 Å². The number of carbonyl (C=O) groups is 1. The van der Waals surface area contributed by atoms with Gasteiger partial charge in [-0.05, 0) is 19.9 Å². The Kier molecular flexibility index (Phi) is 5.17. The predicted molar refractivity (Wildman–Crippen MR) is 89.7 cm³/mol. The lowest BCUT2D eigenvalue weighted by molar-refractivity contribution is 0.142. The molecule has 7 nitrogen and oxygen atoms in total. The van der Waals surface area contributed by atoms with Gasteiger partial charge in [-0.2, -0.15) is 4.98 Å². The predicted octanol–water partition coefficient (Wildman–Crippen LogP) is 2.77. The molecule has 0 aliphatic carbocycles. The van der Waals surface area contributed by atoms with Crippen molar-refractivity contribution in [1.82, 2.24) is 9.97 Å². The highest BCUT2D eigenvalue weighted by atomic mass is 19.1. The van der Waals surface area contributed by atoms with Gasteiger partial charge in [-0.1, -0.05) is 6.07 Å². The molecule has 2 heterocycles. The minimum Gasteiger partial charge on any atom is -0.447 e. The fourth-order valence-electron chi connectivity index (χ4n) is 2.76. The van der Waals surface area contributed by atoms with E-state index in [1.807, 2.05) is 0 Å². The molecule has 2 N–H and O–H groups in total. The molecular formula is C17H17F3N4O3. The zero-order valence-electron chi connectivity index (χ0n) is 14.5. The maximum atomic E-state index is 14.2. The number of halogens is 3. The summed E-state index contributed by atoms with van der Waals surface area (Å²) in [5.41, 5.74) is 0.160. The first-order chi connectivity index (χ1) is 12.8. The Morgan fingerprint density at radius 3 is 2.70 bits per heavy atom. The number of anilines is 2. The maximum absolute atomic E-state index is 14.2. The van der Waals surface area contributed by atoms with Gasteiger partial charge in [-0.15, -0.1) is 0 Å². The quantitative estimate of drug-likeness (QED) is 0.827. The molecule has 0 radical (unpaired) electrons. The number of aromatic nitrogens is 2. The van der Waals surface area contributed by atoms with Crippen molar-refractivity contribution in [2.24, 2.45) is 0 Å². The Morgan fingerprint density at radius 1 is 1.30 bits per heavy atom. The van der Waals surface area contributed by atoms with Crippen molar-refractivity contribution in [2.75, 3.05) is 16.8 Å². The second-order valence-corrected chi connectivity index (χ2v) is 6.15. The van der Waals surface area contributed by atoms with E-state index in [0.29, 0.717) is 0 Å². The van der Waals surface area contributed by atoms with Gasteiger partial charge in [0, 0.05) is 11.6 Å². The van der Waals surface area contributed by atoms with E-state index in [9.17, 15) is 23.1 Å². The molecule has 1 amide bonds. The lowest BCUT2D eigenvalue weighted by Crippen LogP contribution is -2.42. The third kappa shape index (κ3) is 3.80. The Balaban J connectivity index is 1.88. The summed E-state index contributed by atoms with van der Waals surface area (Å²) in [5.74, 6) is -2.79. The third-order valence-electron chi connectivity index (χ3n) is 4.19. The first-order valence-electron chi connectivity index (χ1n) is 8.16. The van der Waals surface area contributed by atoms with E-state index in [-0.39, 0.29) is 23.9 Å². The fourth-order valence-corrected chi connectivity index (χ4v) is 2.76. The molecule has 2 aromatic rings. The van der Waals surface area contributed by atoms with Crippen molar-refractivity contribution in [1.29, 1.82) is 0 Å². The standard InChI is InChI=1S/C17H17F3N4O3/c1-8(11-4-3-10(18)5-12(11)19)22-16-21-6-13(20)15(23-16)24-14(9(2)25)7-27-17(24)26/h3-6,8-9,14,25H,7H2,1-2H3,(H,21,22,23)/t8-,9+,14+/m0/s1. The second kappa shape index (κ2) is 7.39. The van der Waals surface area contributed by atoms with Crippen LogP contribution in [0.4, 0.5) is 29.7 Å². The number of nitrogens with one attached hydrogen (secondary N) is 1. The Hall–Kier alpha value is -2.88. The largest absolute Gasteiger partial charge is 0.447 e. The van der Waals surface area contributed by atoms with Crippen LogP contribution in [0.1, 0.15) is 25.5 Å². The van der Waals surface area contributed by atoms with E-state index >= 15 is 0 Å².